The minimum absolute atomic E-state index is 0. The lowest BCUT2D eigenvalue weighted by molar-refractivity contribution is -0.179. The molecule has 1 saturated heterocycles. The van der Waals surface area contributed by atoms with Gasteiger partial charge in [-0.15, -0.1) is 0 Å². The SMILES string of the molecule is CC(=O)NCCC=O.CON1C(=O)CCC1=O.[HH]. The first-order chi connectivity index (χ1) is 8.02. The Bertz CT molecular complexity index is 293. The Morgan fingerprint density at radius 1 is 1.47 bits per heavy atom. The van der Waals surface area contributed by atoms with Gasteiger partial charge in [0.1, 0.15) is 6.29 Å². The largest absolute Gasteiger partial charge is 0.356 e. The molecule has 1 N–H and O–H groups in total. The molecule has 0 bridgehead atoms. The highest BCUT2D eigenvalue weighted by Crippen LogP contribution is 2.10. The molecule has 0 aromatic heterocycles. The molecule has 0 unspecified atom stereocenters. The van der Waals surface area contributed by atoms with E-state index in [0.717, 1.165) is 11.3 Å². The molecule has 1 aliphatic heterocycles. The van der Waals surface area contributed by atoms with Crippen molar-refractivity contribution in [1.82, 2.24) is 10.4 Å². The van der Waals surface area contributed by atoms with Crippen molar-refractivity contribution in [1.29, 1.82) is 0 Å². The summed E-state index contributed by atoms with van der Waals surface area (Å²) in [4.78, 5) is 45.4. The standard InChI is InChI=1S/C5H7NO3.C5H9NO2.H2/c1-9-6-4(7)2-3-5(6)8;1-5(8)6-3-2-4-7;/h2-3H2,1H3;4H,2-3H2,1H3,(H,6,8);1H. The Balaban J connectivity index is 0. The molecule has 0 spiro atoms. The first-order valence-electron chi connectivity index (χ1n) is 5.11. The monoisotopic (exact) mass is 246 g/mol. The highest BCUT2D eigenvalue weighted by atomic mass is 16.7. The summed E-state index contributed by atoms with van der Waals surface area (Å²) in [6.07, 6.45) is 1.74. The summed E-state index contributed by atoms with van der Waals surface area (Å²) in [7, 11) is 1.31. The number of hydrogen-bond donors (Lipinski definition) is 1. The fourth-order valence-electron chi connectivity index (χ4n) is 1.07. The Kier molecular flexibility index (Phi) is 7.53. The van der Waals surface area contributed by atoms with E-state index in [1.807, 2.05) is 0 Å². The zero-order valence-electron chi connectivity index (χ0n) is 9.89. The maximum absolute atomic E-state index is 10.6. The topological polar surface area (TPSA) is 92.8 Å². The number of amides is 3. The van der Waals surface area contributed by atoms with Crippen molar-refractivity contribution in [2.45, 2.75) is 26.2 Å². The summed E-state index contributed by atoms with van der Waals surface area (Å²) in [6, 6.07) is 0. The van der Waals surface area contributed by atoms with Gasteiger partial charge >= 0.3 is 0 Å². The third kappa shape index (κ3) is 6.41. The van der Waals surface area contributed by atoms with Crippen LogP contribution in [0.15, 0.2) is 0 Å². The van der Waals surface area contributed by atoms with Gasteiger partial charge in [-0.3, -0.25) is 19.2 Å². The Hall–Kier alpha value is -1.76. The number of hydrogen-bond acceptors (Lipinski definition) is 5. The molecule has 0 saturated carbocycles. The molecule has 0 aromatic carbocycles. The van der Waals surface area contributed by atoms with Gasteiger partial charge in [-0.2, -0.15) is 5.06 Å². The zero-order chi connectivity index (χ0) is 13.3. The second kappa shape index (κ2) is 8.40. The molecule has 1 rings (SSSR count). The number of aldehydes is 1. The Morgan fingerprint density at radius 3 is 2.29 bits per heavy atom. The van der Waals surface area contributed by atoms with E-state index in [1.54, 1.807) is 0 Å². The summed E-state index contributed by atoms with van der Waals surface area (Å²) in [5.74, 6) is -0.586. The molecule has 0 atom stereocenters. The van der Waals surface area contributed by atoms with E-state index < -0.39 is 0 Å². The minimum Gasteiger partial charge on any atom is -0.356 e. The first kappa shape index (κ1) is 15.2. The van der Waals surface area contributed by atoms with Crippen LogP contribution in [-0.2, 0) is 24.0 Å². The maximum Gasteiger partial charge on any atom is 0.253 e. The second-order valence-corrected chi connectivity index (χ2v) is 3.20. The lowest BCUT2D eigenvalue weighted by Crippen LogP contribution is -2.27. The molecule has 17 heavy (non-hydrogen) atoms. The summed E-state index contributed by atoms with van der Waals surface area (Å²) in [5, 5.41) is 3.27. The van der Waals surface area contributed by atoms with Gasteiger partial charge in [-0.05, 0) is 0 Å². The number of nitrogens with zero attached hydrogens (tertiary/aromatic N) is 1. The molecule has 7 nitrogen and oxygen atoms in total. The summed E-state index contributed by atoms with van der Waals surface area (Å²) >= 11 is 0. The fraction of sp³-hybridized carbons (Fsp3) is 0.600. The zero-order valence-corrected chi connectivity index (χ0v) is 9.89. The molecule has 3 amide bonds. The van der Waals surface area contributed by atoms with Gasteiger partial charge in [0.2, 0.25) is 5.91 Å². The number of carbonyl (C=O) groups excluding carboxylic acids is 4. The first-order valence-corrected chi connectivity index (χ1v) is 5.11. The lowest BCUT2D eigenvalue weighted by atomic mass is 10.4. The van der Waals surface area contributed by atoms with E-state index in [0.29, 0.717) is 13.0 Å². The molecule has 0 radical (unpaired) electrons. The van der Waals surface area contributed by atoms with Crippen molar-refractivity contribution in [2.75, 3.05) is 13.7 Å². The molecular formula is C10H18N2O5. The summed E-state index contributed by atoms with van der Waals surface area (Å²) in [5.41, 5.74) is 0. The van der Waals surface area contributed by atoms with E-state index in [4.69, 9.17) is 0 Å². The van der Waals surface area contributed by atoms with E-state index in [1.165, 1.54) is 14.0 Å². The van der Waals surface area contributed by atoms with Gasteiger partial charge < -0.3 is 10.1 Å². The number of nitrogens with one attached hydrogen (secondary N) is 1. The van der Waals surface area contributed by atoms with Gasteiger partial charge in [-0.25, -0.2) is 0 Å². The maximum atomic E-state index is 10.6. The minimum atomic E-state index is -0.248. The highest BCUT2D eigenvalue weighted by Gasteiger charge is 2.28. The molecule has 98 valence electrons. The quantitative estimate of drug-likeness (QED) is 0.416. The van der Waals surface area contributed by atoms with E-state index >= 15 is 0 Å². The van der Waals surface area contributed by atoms with E-state index in [9.17, 15) is 19.2 Å². The van der Waals surface area contributed by atoms with Crippen LogP contribution in [0.4, 0.5) is 0 Å². The number of rotatable bonds is 4. The van der Waals surface area contributed by atoms with Crippen molar-refractivity contribution >= 4 is 24.0 Å². The van der Waals surface area contributed by atoms with E-state index in [2.05, 4.69) is 10.2 Å². The van der Waals surface area contributed by atoms with Crippen LogP contribution in [0.25, 0.3) is 0 Å². The highest BCUT2D eigenvalue weighted by molar-refractivity contribution is 6.00. The van der Waals surface area contributed by atoms with Gasteiger partial charge in [0.15, 0.2) is 0 Å². The molecule has 1 aliphatic rings. The Morgan fingerprint density at radius 2 is 2.00 bits per heavy atom. The van der Waals surface area contributed by atoms with Crippen LogP contribution in [0.1, 0.15) is 27.6 Å². The number of imide groups is 1. The van der Waals surface area contributed by atoms with Gasteiger partial charge in [-0.1, -0.05) is 0 Å². The molecule has 7 heteroatoms. The lowest BCUT2D eigenvalue weighted by Gasteiger charge is -2.07. The van der Waals surface area contributed by atoms with Crippen LogP contribution >= 0.6 is 0 Å². The predicted octanol–water partition coefficient (Wildman–Crippen LogP) is -0.346. The molecule has 1 fully saturated rings. The molecule has 0 aliphatic carbocycles. The number of carbonyl (C=O) groups is 4. The van der Waals surface area contributed by atoms with Gasteiger partial charge in [0.05, 0.1) is 7.11 Å². The average Bonchev–Trinajstić information content (AvgIpc) is 2.59. The smallest absolute Gasteiger partial charge is 0.253 e. The van der Waals surface area contributed by atoms with Crippen LogP contribution in [0, 0.1) is 0 Å². The van der Waals surface area contributed by atoms with Crippen molar-refractivity contribution in [3.8, 4) is 0 Å². The third-order valence-electron chi connectivity index (χ3n) is 1.82. The summed E-state index contributed by atoms with van der Waals surface area (Å²) in [6.45, 7) is 1.88. The fourth-order valence-corrected chi connectivity index (χ4v) is 1.07. The normalized spacial score (nSPS) is 14.1. The van der Waals surface area contributed by atoms with Crippen molar-refractivity contribution < 1.29 is 25.4 Å². The van der Waals surface area contributed by atoms with E-state index in [-0.39, 0.29) is 32.0 Å². The summed E-state index contributed by atoms with van der Waals surface area (Å²) < 4.78 is 0. The van der Waals surface area contributed by atoms with Gasteiger partial charge in [0.25, 0.3) is 11.8 Å². The third-order valence-corrected chi connectivity index (χ3v) is 1.82. The van der Waals surface area contributed by atoms with Crippen molar-refractivity contribution in [3.63, 3.8) is 0 Å². The van der Waals surface area contributed by atoms with Gasteiger partial charge in [0, 0.05) is 34.2 Å². The molecule has 0 aromatic rings. The van der Waals surface area contributed by atoms with Crippen LogP contribution in [-0.4, -0.2) is 42.7 Å². The van der Waals surface area contributed by atoms with Crippen LogP contribution < -0.4 is 5.32 Å². The van der Waals surface area contributed by atoms with Crippen molar-refractivity contribution in [2.24, 2.45) is 0 Å². The van der Waals surface area contributed by atoms with Crippen molar-refractivity contribution in [3.05, 3.63) is 0 Å². The van der Waals surface area contributed by atoms with Crippen LogP contribution in [0.5, 0.6) is 0 Å². The predicted molar refractivity (Wildman–Crippen MR) is 59.6 cm³/mol. The van der Waals surface area contributed by atoms with Crippen LogP contribution in [0.2, 0.25) is 0 Å². The Labute approximate surface area is 101 Å². The second-order valence-electron chi connectivity index (χ2n) is 3.20. The average molecular weight is 246 g/mol. The number of hydroxylamine groups is 2. The molecular weight excluding hydrogens is 228 g/mol. The van der Waals surface area contributed by atoms with Crippen LogP contribution in [0.3, 0.4) is 0 Å². The molecule has 1 heterocycles.